The first-order chi connectivity index (χ1) is 8.90. The average molecular weight is 272 g/mol. The molecule has 1 aliphatic heterocycles. The molecule has 0 aromatic heterocycles. The fraction of sp³-hybridized carbons (Fsp3) is 1.00. The summed E-state index contributed by atoms with van der Waals surface area (Å²) in [5.74, 6) is 0.701. The van der Waals surface area contributed by atoms with Crippen LogP contribution in [0.1, 0.15) is 40.5 Å². The topological polar surface area (TPSA) is 44.7 Å². The number of nitrogens with one attached hydrogen (secondary N) is 1. The number of aliphatic hydroxyl groups is 1. The van der Waals surface area contributed by atoms with Gasteiger partial charge >= 0.3 is 0 Å². The molecule has 4 nitrogen and oxygen atoms in total. The average Bonchev–Trinajstić information content (AvgIpc) is 2.33. The van der Waals surface area contributed by atoms with Gasteiger partial charge in [0.05, 0.1) is 12.7 Å². The Morgan fingerprint density at radius 3 is 2.79 bits per heavy atom. The first kappa shape index (κ1) is 16.9. The molecular formula is C15H32N2O2. The van der Waals surface area contributed by atoms with Gasteiger partial charge in [-0.05, 0) is 59.5 Å². The van der Waals surface area contributed by atoms with E-state index in [1.165, 1.54) is 12.8 Å². The van der Waals surface area contributed by atoms with E-state index in [0.29, 0.717) is 19.1 Å². The van der Waals surface area contributed by atoms with Crippen molar-refractivity contribution in [2.24, 2.45) is 5.92 Å². The minimum Gasteiger partial charge on any atom is -0.389 e. The summed E-state index contributed by atoms with van der Waals surface area (Å²) in [5, 5.41) is 13.5. The molecule has 1 fully saturated rings. The van der Waals surface area contributed by atoms with Gasteiger partial charge in [-0.3, -0.25) is 0 Å². The first-order valence-corrected chi connectivity index (χ1v) is 7.64. The molecule has 1 saturated heterocycles. The Hall–Kier alpha value is -0.160. The predicted octanol–water partition coefficient (Wildman–Crippen LogP) is 1.48. The molecule has 19 heavy (non-hydrogen) atoms. The summed E-state index contributed by atoms with van der Waals surface area (Å²) in [6.07, 6.45) is 2.17. The van der Waals surface area contributed by atoms with E-state index < -0.39 is 0 Å². The number of ether oxygens (including phenoxy) is 1. The number of aliphatic hydroxyl groups excluding tert-OH is 1. The first-order valence-electron chi connectivity index (χ1n) is 7.64. The third kappa shape index (κ3) is 7.88. The van der Waals surface area contributed by atoms with Crippen LogP contribution in [0.25, 0.3) is 0 Å². The molecule has 2 atom stereocenters. The number of nitrogens with zero attached hydrogens (tertiary/aromatic N) is 1. The van der Waals surface area contributed by atoms with Gasteiger partial charge in [0.2, 0.25) is 0 Å². The maximum absolute atomic E-state index is 9.90. The van der Waals surface area contributed by atoms with Gasteiger partial charge < -0.3 is 20.1 Å². The second-order valence-electron chi connectivity index (χ2n) is 6.71. The van der Waals surface area contributed by atoms with E-state index in [-0.39, 0.29) is 11.6 Å². The highest BCUT2D eigenvalue weighted by Crippen LogP contribution is 2.17. The molecule has 0 saturated carbocycles. The Balaban J connectivity index is 2.25. The minimum absolute atomic E-state index is 0.191. The molecule has 0 radical (unpaired) electrons. The maximum atomic E-state index is 9.90. The molecule has 0 aromatic rings. The lowest BCUT2D eigenvalue weighted by atomic mass is 9.96. The van der Waals surface area contributed by atoms with Crippen molar-refractivity contribution in [3.05, 3.63) is 0 Å². The highest BCUT2D eigenvalue weighted by molar-refractivity contribution is 4.79. The molecule has 1 aliphatic rings. The lowest BCUT2D eigenvalue weighted by Gasteiger charge is -2.35. The van der Waals surface area contributed by atoms with E-state index in [0.717, 1.165) is 26.2 Å². The Kier molecular flexibility index (Phi) is 7.29. The quantitative estimate of drug-likeness (QED) is 0.737. The third-order valence-electron chi connectivity index (χ3n) is 3.51. The Labute approximate surface area is 118 Å². The zero-order valence-electron chi connectivity index (χ0n) is 13.1. The van der Waals surface area contributed by atoms with Gasteiger partial charge in [-0.25, -0.2) is 0 Å². The molecule has 0 bridgehead atoms. The standard InChI is InChI=1S/C15H32N2O2/c1-5-19-12-14(18)11-17-8-6-7-13(10-17)9-16-15(2,3)4/h13-14,16,18H,5-12H2,1-4H3. The van der Waals surface area contributed by atoms with Crippen LogP contribution in [-0.2, 0) is 4.74 Å². The van der Waals surface area contributed by atoms with Crippen LogP contribution in [0.15, 0.2) is 0 Å². The third-order valence-corrected chi connectivity index (χ3v) is 3.51. The van der Waals surface area contributed by atoms with E-state index >= 15 is 0 Å². The zero-order valence-corrected chi connectivity index (χ0v) is 13.1. The number of β-amino-alcohol motifs (C(OH)–C–C–N with tert-alkyl or cyclic N) is 1. The van der Waals surface area contributed by atoms with Gasteiger partial charge in [0.1, 0.15) is 0 Å². The van der Waals surface area contributed by atoms with Crippen LogP contribution in [0.2, 0.25) is 0 Å². The summed E-state index contributed by atoms with van der Waals surface area (Å²) in [5.41, 5.74) is 0.191. The van der Waals surface area contributed by atoms with Crippen molar-refractivity contribution in [3.63, 3.8) is 0 Å². The van der Waals surface area contributed by atoms with Crippen LogP contribution in [0.5, 0.6) is 0 Å². The van der Waals surface area contributed by atoms with Crippen LogP contribution in [0.3, 0.4) is 0 Å². The van der Waals surface area contributed by atoms with E-state index in [1.807, 2.05) is 6.92 Å². The van der Waals surface area contributed by atoms with Crippen molar-refractivity contribution < 1.29 is 9.84 Å². The van der Waals surface area contributed by atoms with Gasteiger partial charge in [-0.15, -0.1) is 0 Å². The Bertz CT molecular complexity index is 241. The molecule has 4 heteroatoms. The molecule has 2 N–H and O–H groups in total. The summed E-state index contributed by atoms with van der Waals surface area (Å²) in [7, 11) is 0. The van der Waals surface area contributed by atoms with Crippen molar-refractivity contribution >= 4 is 0 Å². The summed E-state index contributed by atoms with van der Waals surface area (Å²) in [6.45, 7) is 13.7. The van der Waals surface area contributed by atoms with Crippen molar-refractivity contribution in [2.75, 3.05) is 39.4 Å². The number of rotatable bonds is 7. The number of hydrogen-bond acceptors (Lipinski definition) is 4. The van der Waals surface area contributed by atoms with E-state index in [1.54, 1.807) is 0 Å². The monoisotopic (exact) mass is 272 g/mol. The SMILES string of the molecule is CCOCC(O)CN1CCCC(CNC(C)(C)C)C1. The fourth-order valence-corrected chi connectivity index (χ4v) is 2.54. The number of piperidine rings is 1. The second-order valence-corrected chi connectivity index (χ2v) is 6.71. The van der Waals surface area contributed by atoms with Crippen molar-refractivity contribution in [3.8, 4) is 0 Å². The molecular weight excluding hydrogens is 240 g/mol. The van der Waals surface area contributed by atoms with Crippen molar-refractivity contribution in [2.45, 2.75) is 52.2 Å². The normalized spacial score (nSPS) is 23.5. The van der Waals surface area contributed by atoms with Gasteiger partial charge in [0, 0.05) is 25.2 Å². The summed E-state index contributed by atoms with van der Waals surface area (Å²) in [4.78, 5) is 2.38. The van der Waals surface area contributed by atoms with Crippen LogP contribution in [-0.4, -0.2) is 61.0 Å². The van der Waals surface area contributed by atoms with Crippen molar-refractivity contribution in [1.82, 2.24) is 10.2 Å². The molecule has 2 unspecified atom stereocenters. The van der Waals surface area contributed by atoms with Crippen LogP contribution in [0, 0.1) is 5.92 Å². The highest BCUT2D eigenvalue weighted by Gasteiger charge is 2.22. The minimum atomic E-state index is -0.353. The molecule has 1 rings (SSSR count). The lowest BCUT2D eigenvalue weighted by Crippen LogP contribution is -2.46. The molecule has 0 aliphatic carbocycles. The van der Waals surface area contributed by atoms with Gasteiger partial charge in [0.15, 0.2) is 0 Å². The van der Waals surface area contributed by atoms with Crippen LogP contribution < -0.4 is 5.32 Å². The van der Waals surface area contributed by atoms with Gasteiger partial charge in [-0.2, -0.15) is 0 Å². The highest BCUT2D eigenvalue weighted by atomic mass is 16.5. The van der Waals surface area contributed by atoms with E-state index in [4.69, 9.17) is 4.74 Å². The van der Waals surface area contributed by atoms with E-state index in [2.05, 4.69) is 31.0 Å². The Morgan fingerprint density at radius 2 is 2.16 bits per heavy atom. The summed E-state index contributed by atoms with van der Waals surface area (Å²) in [6, 6.07) is 0. The molecule has 1 heterocycles. The molecule has 0 spiro atoms. The second kappa shape index (κ2) is 8.20. The fourth-order valence-electron chi connectivity index (χ4n) is 2.54. The smallest absolute Gasteiger partial charge is 0.0900 e. The van der Waals surface area contributed by atoms with Crippen LogP contribution in [0.4, 0.5) is 0 Å². The zero-order chi connectivity index (χ0) is 14.3. The lowest BCUT2D eigenvalue weighted by molar-refractivity contribution is 0.0127. The Morgan fingerprint density at radius 1 is 1.42 bits per heavy atom. The van der Waals surface area contributed by atoms with Gasteiger partial charge in [0.25, 0.3) is 0 Å². The molecule has 0 aromatic carbocycles. The van der Waals surface area contributed by atoms with Crippen molar-refractivity contribution in [1.29, 1.82) is 0 Å². The van der Waals surface area contributed by atoms with Crippen LogP contribution >= 0.6 is 0 Å². The number of likely N-dealkylation sites (tertiary alicyclic amines) is 1. The molecule has 114 valence electrons. The largest absolute Gasteiger partial charge is 0.389 e. The number of hydrogen-bond donors (Lipinski definition) is 2. The maximum Gasteiger partial charge on any atom is 0.0900 e. The van der Waals surface area contributed by atoms with E-state index in [9.17, 15) is 5.11 Å². The van der Waals surface area contributed by atoms with Gasteiger partial charge in [-0.1, -0.05) is 0 Å². The summed E-state index contributed by atoms with van der Waals surface area (Å²) < 4.78 is 5.27. The predicted molar refractivity (Wildman–Crippen MR) is 79.4 cm³/mol. The summed E-state index contributed by atoms with van der Waals surface area (Å²) >= 11 is 0. The molecule has 0 amide bonds.